The lowest BCUT2D eigenvalue weighted by Gasteiger charge is -2.07. The Bertz CT molecular complexity index is 660. The molecule has 0 spiro atoms. The average molecular weight is 304 g/mol. The molecule has 21 heavy (non-hydrogen) atoms. The lowest BCUT2D eigenvalue weighted by Crippen LogP contribution is -2.01. The van der Waals surface area contributed by atoms with Crippen LogP contribution in [0, 0.1) is 4.77 Å². The van der Waals surface area contributed by atoms with Gasteiger partial charge < -0.3 is 4.74 Å². The number of aromatic nitrogens is 3. The van der Waals surface area contributed by atoms with Crippen LogP contribution >= 0.6 is 12.2 Å². The van der Waals surface area contributed by atoms with Gasteiger partial charge in [0.25, 0.3) is 0 Å². The minimum Gasteiger partial charge on any atom is -0.493 e. The summed E-state index contributed by atoms with van der Waals surface area (Å²) in [4.78, 5) is 0. The molecule has 2 aromatic rings. The van der Waals surface area contributed by atoms with Crippen LogP contribution in [0.1, 0.15) is 38.1 Å². The van der Waals surface area contributed by atoms with E-state index in [-0.39, 0.29) is 0 Å². The summed E-state index contributed by atoms with van der Waals surface area (Å²) in [6, 6.07) is 7.83. The van der Waals surface area contributed by atoms with Crippen LogP contribution in [-0.4, -0.2) is 27.7 Å². The lowest BCUT2D eigenvalue weighted by molar-refractivity contribution is 0.317. The Morgan fingerprint density at radius 1 is 1.33 bits per heavy atom. The first kappa shape index (κ1) is 15.4. The fraction of sp³-hybridized carbons (Fsp3) is 0.400. The van der Waals surface area contributed by atoms with Gasteiger partial charge in [0.05, 0.1) is 12.8 Å². The van der Waals surface area contributed by atoms with Crippen molar-refractivity contribution in [3.63, 3.8) is 0 Å². The smallest absolute Gasteiger partial charge is 0.216 e. The maximum Gasteiger partial charge on any atom is 0.216 e. The minimum absolute atomic E-state index is 0.502. The van der Waals surface area contributed by atoms with Gasteiger partial charge in [-0.05, 0) is 37.2 Å². The molecular formula is C15H20N4OS. The standard InChI is InChI=1S/C15H20N4OS/c1-3-7-14-17-18-15(21)19(14)16-11-12-8-5-6-9-13(12)20-10-4-2/h5-6,8-9,11H,3-4,7,10H2,1-2H3,(H,18,21)/b16-11+. The number of rotatable bonds is 7. The summed E-state index contributed by atoms with van der Waals surface area (Å²) in [5, 5.41) is 11.4. The molecule has 1 N–H and O–H groups in total. The number of aryl methyl sites for hydroxylation is 1. The Labute approximate surface area is 129 Å². The summed E-state index contributed by atoms with van der Waals surface area (Å²) in [6.45, 7) is 4.87. The minimum atomic E-state index is 0.502. The summed E-state index contributed by atoms with van der Waals surface area (Å²) in [6.07, 6.45) is 4.55. The third kappa shape index (κ3) is 4.01. The van der Waals surface area contributed by atoms with Gasteiger partial charge in [-0.2, -0.15) is 14.9 Å². The van der Waals surface area contributed by atoms with Crippen LogP contribution in [0.25, 0.3) is 0 Å². The van der Waals surface area contributed by atoms with Gasteiger partial charge in [0.15, 0.2) is 5.82 Å². The van der Waals surface area contributed by atoms with Crippen molar-refractivity contribution < 1.29 is 4.74 Å². The third-order valence-electron chi connectivity index (χ3n) is 2.88. The number of aromatic amines is 1. The highest BCUT2D eigenvalue weighted by Crippen LogP contribution is 2.16. The molecule has 112 valence electrons. The monoisotopic (exact) mass is 304 g/mol. The van der Waals surface area contributed by atoms with Crippen LogP contribution in [0.3, 0.4) is 0 Å². The number of nitrogens with zero attached hydrogens (tertiary/aromatic N) is 3. The largest absolute Gasteiger partial charge is 0.493 e. The number of hydrogen-bond acceptors (Lipinski definition) is 4. The molecule has 0 saturated heterocycles. The van der Waals surface area contributed by atoms with Crippen molar-refractivity contribution in [1.82, 2.24) is 14.9 Å². The van der Waals surface area contributed by atoms with E-state index >= 15 is 0 Å². The van der Waals surface area contributed by atoms with Gasteiger partial charge in [-0.15, -0.1) is 0 Å². The Kier molecular flexibility index (Phi) is 5.68. The first-order valence-corrected chi connectivity index (χ1v) is 7.59. The molecule has 0 atom stereocenters. The van der Waals surface area contributed by atoms with Crippen molar-refractivity contribution in [2.75, 3.05) is 6.61 Å². The van der Waals surface area contributed by atoms with Crippen LogP contribution in [0.2, 0.25) is 0 Å². The topological polar surface area (TPSA) is 55.2 Å². The molecule has 0 aliphatic heterocycles. The maximum atomic E-state index is 5.71. The molecule has 1 heterocycles. The summed E-state index contributed by atoms with van der Waals surface area (Å²) in [7, 11) is 0. The number of benzene rings is 1. The normalized spacial score (nSPS) is 11.1. The summed E-state index contributed by atoms with van der Waals surface area (Å²) in [5.74, 6) is 1.67. The van der Waals surface area contributed by atoms with Gasteiger partial charge in [0, 0.05) is 12.0 Å². The van der Waals surface area contributed by atoms with Crippen LogP contribution in [0.5, 0.6) is 5.75 Å². The summed E-state index contributed by atoms with van der Waals surface area (Å²) < 4.78 is 7.88. The van der Waals surface area contributed by atoms with Gasteiger partial charge in [0.1, 0.15) is 5.75 Å². The molecule has 5 nitrogen and oxygen atoms in total. The lowest BCUT2D eigenvalue weighted by atomic mass is 10.2. The number of para-hydroxylation sites is 1. The van der Waals surface area contributed by atoms with Crippen LogP contribution in [-0.2, 0) is 6.42 Å². The Balaban J connectivity index is 2.25. The second kappa shape index (κ2) is 7.73. The van der Waals surface area contributed by atoms with Gasteiger partial charge >= 0.3 is 0 Å². The van der Waals surface area contributed by atoms with E-state index in [0.29, 0.717) is 11.4 Å². The molecule has 0 unspecified atom stereocenters. The van der Waals surface area contributed by atoms with Gasteiger partial charge in [-0.1, -0.05) is 26.0 Å². The van der Waals surface area contributed by atoms with Crippen LogP contribution in [0.4, 0.5) is 0 Å². The molecule has 1 aromatic carbocycles. The average Bonchev–Trinajstić information content (AvgIpc) is 2.85. The van der Waals surface area contributed by atoms with Crippen LogP contribution in [0.15, 0.2) is 29.4 Å². The number of nitrogens with one attached hydrogen (secondary N) is 1. The van der Waals surface area contributed by atoms with Gasteiger partial charge in [0.2, 0.25) is 4.77 Å². The van der Waals surface area contributed by atoms with Crippen molar-refractivity contribution in [2.45, 2.75) is 33.1 Å². The van der Waals surface area contributed by atoms with Crippen molar-refractivity contribution >= 4 is 18.4 Å². The molecule has 0 fully saturated rings. The van der Waals surface area contributed by atoms with E-state index in [1.54, 1.807) is 10.9 Å². The molecule has 0 saturated carbocycles. The highest BCUT2D eigenvalue weighted by atomic mass is 32.1. The van der Waals surface area contributed by atoms with Crippen molar-refractivity contribution in [3.8, 4) is 5.75 Å². The Morgan fingerprint density at radius 2 is 2.14 bits per heavy atom. The van der Waals surface area contributed by atoms with E-state index in [9.17, 15) is 0 Å². The van der Waals surface area contributed by atoms with E-state index in [1.165, 1.54) is 0 Å². The molecule has 0 amide bonds. The SMILES string of the molecule is CCCOc1ccccc1/C=N/n1c(CCC)n[nH]c1=S. The van der Waals surface area contributed by atoms with Crippen molar-refractivity contribution in [3.05, 3.63) is 40.4 Å². The highest BCUT2D eigenvalue weighted by molar-refractivity contribution is 7.71. The predicted molar refractivity (Wildman–Crippen MR) is 86.6 cm³/mol. The number of ether oxygens (including phenoxy) is 1. The second-order valence-corrected chi connectivity index (χ2v) is 5.02. The third-order valence-corrected chi connectivity index (χ3v) is 3.15. The fourth-order valence-corrected chi connectivity index (χ4v) is 2.08. The predicted octanol–water partition coefficient (Wildman–Crippen LogP) is 3.56. The zero-order valence-electron chi connectivity index (χ0n) is 12.4. The van der Waals surface area contributed by atoms with E-state index in [2.05, 4.69) is 29.1 Å². The van der Waals surface area contributed by atoms with Crippen molar-refractivity contribution in [2.24, 2.45) is 5.10 Å². The maximum absolute atomic E-state index is 5.71. The van der Waals surface area contributed by atoms with Gasteiger partial charge in [-0.25, -0.2) is 0 Å². The van der Waals surface area contributed by atoms with E-state index in [4.69, 9.17) is 17.0 Å². The quantitative estimate of drug-likeness (QED) is 0.628. The molecule has 0 bridgehead atoms. The van der Waals surface area contributed by atoms with Crippen molar-refractivity contribution in [1.29, 1.82) is 0 Å². The second-order valence-electron chi connectivity index (χ2n) is 4.64. The first-order valence-electron chi connectivity index (χ1n) is 7.18. The van der Waals surface area contributed by atoms with E-state index in [1.807, 2.05) is 24.3 Å². The van der Waals surface area contributed by atoms with Crippen LogP contribution < -0.4 is 4.74 Å². The Morgan fingerprint density at radius 3 is 2.90 bits per heavy atom. The van der Waals surface area contributed by atoms with E-state index in [0.717, 1.165) is 36.4 Å². The van der Waals surface area contributed by atoms with E-state index < -0.39 is 0 Å². The molecular weight excluding hydrogens is 284 g/mol. The molecule has 1 aromatic heterocycles. The Hall–Kier alpha value is -1.95. The number of H-pyrrole nitrogens is 1. The fourth-order valence-electron chi connectivity index (χ4n) is 1.88. The zero-order chi connectivity index (χ0) is 15.1. The molecule has 6 heteroatoms. The van der Waals surface area contributed by atoms with Gasteiger partial charge in [-0.3, -0.25) is 5.10 Å². The molecule has 0 aliphatic rings. The summed E-state index contributed by atoms with van der Waals surface area (Å²) in [5.41, 5.74) is 0.927. The molecule has 0 aliphatic carbocycles. The zero-order valence-corrected chi connectivity index (χ0v) is 13.2. The summed E-state index contributed by atoms with van der Waals surface area (Å²) >= 11 is 5.21. The highest BCUT2D eigenvalue weighted by Gasteiger charge is 2.04. The number of hydrogen-bond donors (Lipinski definition) is 1. The molecule has 2 rings (SSSR count). The first-order chi connectivity index (χ1) is 10.3. The molecule has 0 radical (unpaired) electrons.